The Bertz CT molecular complexity index is 674. The van der Waals surface area contributed by atoms with Crippen molar-refractivity contribution < 1.29 is 4.79 Å². The maximum atomic E-state index is 12.2. The summed E-state index contributed by atoms with van der Waals surface area (Å²) in [6.45, 7) is 2.00. The summed E-state index contributed by atoms with van der Waals surface area (Å²) in [7, 11) is 1.60. The molecule has 0 aliphatic carbocycles. The summed E-state index contributed by atoms with van der Waals surface area (Å²) < 4.78 is 0. The fourth-order valence-corrected chi connectivity index (χ4v) is 2.42. The summed E-state index contributed by atoms with van der Waals surface area (Å²) in [4.78, 5) is 12.2. The minimum absolute atomic E-state index is 0.151. The lowest BCUT2D eigenvalue weighted by molar-refractivity contribution is -0.122. The van der Waals surface area contributed by atoms with Gasteiger partial charge in [-0.25, -0.2) is 0 Å². The minimum atomic E-state index is -0.547. The van der Waals surface area contributed by atoms with Crippen molar-refractivity contribution in [1.29, 1.82) is 5.26 Å². The molecule has 4 heteroatoms. The molecule has 0 spiro atoms. The number of nitriles is 1. The number of carbonyl (C=O) groups is 1. The van der Waals surface area contributed by atoms with Crippen LogP contribution < -0.4 is 10.6 Å². The summed E-state index contributed by atoms with van der Waals surface area (Å²) in [5.74, 6) is -0.151. The highest BCUT2D eigenvalue weighted by molar-refractivity contribution is 5.83. The molecule has 0 aromatic heterocycles. The maximum Gasteiger partial charge on any atom is 0.241 e. The molecule has 0 unspecified atom stereocenters. The highest BCUT2D eigenvalue weighted by atomic mass is 16.2. The summed E-state index contributed by atoms with van der Waals surface area (Å²) in [6, 6.07) is 18.8. The SMILES string of the molecule is CNC(=O)[C@@H](N[C@H](C#N)Cc1ccccc1)c1ccc(C)cc1. The lowest BCUT2D eigenvalue weighted by Gasteiger charge is -2.21. The number of nitrogens with one attached hydrogen (secondary N) is 2. The number of hydrogen-bond acceptors (Lipinski definition) is 3. The zero-order valence-corrected chi connectivity index (χ0v) is 13.4. The van der Waals surface area contributed by atoms with Gasteiger partial charge in [-0.2, -0.15) is 5.26 Å². The first-order chi connectivity index (χ1) is 11.1. The number of likely N-dealkylation sites (N-methyl/N-ethyl adjacent to an activating group) is 1. The third kappa shape index (κ3) is 4.67. The molecule has 0 aliphatic rings. The molecule has 0 fully saturated rings. The standard InChI is InChI=1S/C19H21N3O/c1-14-8-10-16(11-9-14)18(19(23)21-2)22-17(13-20)12-15-6-4-3-5-7-15/h3-11,17-18,22H,12H2,1-2H3,(H,21,23)/t17-,18-/m0/s1. The molecule has 2 rings (SSSR count). The number of nitrogens with zero attached hydrogens (tertiary/aromatic N) is 1. The van der Waals surface area contributed by atoms with Crippen LogP contribution in [0.3, 0.4) is 0 Å². The zero-order valence-electron chi connectivity index (χ0n) is 13.4. The lowest BCUT2D eigenvalue weighted by atomic mass is 10.0. The van der Waals surface area contributed by atoms with Crippen molar-refractivity contribution in [2.45, 2.75) is 25.4 Å². The van der Waals surface area contributed by atoms with Gasteiger partial charge in [0.05, 0.1) is 6.07 Å². The van der Waals surface area contributed by atoms with Crippen molar-refractivity contribution in [3.05, 3.63) is 71.3 Å². The largest absolute Gasteiger partial charge is 0.358 e. The Hall–Kier alpha value is -2.64. The smallest absolute Gasteiger partial charge is 0.241 e. The number of carbonyl (C=O) groups excluding carboxylic acids is 1. The van der Waals surface area contributed by atoms with E-state index in [1.807, 2.05) is 61.5 Å². The number of aryl methyl sites for hydroxylation is 1. The van der Waals surface area contributed by atoms with Crippen LogP contribution in [0.15, 0.2) is 54.6 Å². The van der Waals surface area contributed by atoms with Gasteiger partial charge < -0.3 is 5.32 Å². The maximum absolute atomic E-state index is 12.2. The van der Waals surface area contributed by atoms with Gasteiger partial charge in [-0.05, 0) is 18.1 Å². The average Bonchev–Trinajstić information content (AvgIpc) is 2.59. The molecular formula is C19H21N3O. The Kier molecular flexibility index (Phi) is 5.90. The normalized spacial score (nSPS) is 12.9. The van der Waals surface area contributed by atoms with E-state index in [4.69, 9.17) is 0 Å². The zero-order chi connectivity index (χ0) is 16.7. The molecule has 0 saturated carbocycles. The molecule has 2 aromatic rings. The highest BCUT2D eigenvalue weighted by Gasteiger charge is 2.23. The number of rotatable bonds is 6. The van der Waals surface area contributed by atoms with Crippen molar-refractivity contribution >= 4 is 5.91 Å². The molecule has 0 saturated heterocycles. The van der Waals surface area contributed by atoms with E-state index in [1.54, 1.807) is 7.05 Å². The van der Waals surface area contributed by atoms with Gasteiger partial charge in [0.1, 0.15) is 12.1 Å². The summed E-state index contributed by atoms with van der Waals surface area (Å²) in [6.07, 6.45) is 0.552. The molecule has 0 radical (unpaired) electrons. The van der Waals surface area contributed by atoms with Crippen molar-refractivity contribution in [3.8, 4) is 6.07 Å². The second-order valence-electron chi connectivity index (χ2n) is 5.50. The Morgan fingerprint density at radius 2 is 1.78 bits per heavy atom. The molecule has 2 aromatic carbocycles. The van der Waals surface area contributed by atoms with E-state index in [2.05, 4.69) is 16.7 Å². The van der Waals surface area contributed by atoms with Crippen LogP contribution in [0.5, 0.6) is 0 Å². The van der Waals surface area contributed by atoms with Crippen LogP contribution in [0.1, 0.15) is 22.7 Å². The van der Waals surface area contributed by atoms with Gasteiger partial charge in [0.2, 0.25) is 5.91 Å². The van der Waals surface area contributed by atoms with E-state index >= 15 is 0 Å². The second-order valence-corrected chi connectivity index (χ2v) is 5.50. The molecule has 0 aliphatic heterocycles. The fourth-order valence-electron chi connectivity index (χ4n) is 2.42. The summed E-state index contributed by atoms with van der Waals surface area (Å²) >= 11 is 0. The van der Waals surface area contributed by atoms with Crippen LogP contribution in [-0.2, 0) is 11.2 Å². The Labute approximate surface area is 137 Å². The molecule has 0 heterocycles. The van der Waals surface area contributed by atoms with Gasteiger partial charge in [-0.1, -0.05) is 60.2 Å². The van der Waals surface area contributed by atoms with Crippen LogP contribution in [0.2, 0.25) is 0 Å². The Morgan fingerprint density at radius 3 is 2.35 bits per heavy atom. The summed E-state index contributed by atoms with van der Waals surface area (Å²) in [5, 5.41) is 15.3. The van der Waals surface area contributed by atoms with Crippen LogP contribution in [0.25, 0.3) is 0 Å². The van der Waals surface area contributed by atoms with E-state index < -0.39 is 12.1 Å². The number of hydrogen-bond donors (Lipinski definition) is 2. The average molecular weight is 307 g/mol. The predicted molar refractivity (Wildman–Crippen MR) is 90.7 cm³/mol. The Balaban J connectivity index is 2.17. The lowest BCUT2D eigenvalue weighted by Crippen LogP contribution is -2.41. The molecule has 23 heavy (non-hydrogen) atoms. The summed E-state index contributed by atoms with van der Waals surface area (Å²) in [5.41, 5.74) is 3.04. The van der Waals surface area contributed by atoms with Gasteiger partial charge >= 0.3 is 0 Å². The van der Waals surface area contributed by atoms with Gasteiger partial charge in [-0.15, -0.1) is 0 Å². The molecule has 2 atom stereocenters. The third-order valence-corrected chi connectivity index (χ3v) is 3.73. The molecule has 0 bridgehead atoms. The molecular weight excluding hydrogens is 286 g/mol. The van der Waals surface area contributed by atoms with Gasteiger partial charge in [-0.3, -0.25) is 10.1 Å². The van der Waals surface area contributed by atoms with Gasteiger partial charge in [0, 0.05) is 13.5 Å². The molecule has 1 amide bonds. The monoisotopic (exact) mass is 307 g/mol. The predicted octanol–water partition coefficient (Wildman–Crippen LogP) is 2.51. The van der Waals surface area contributed by atoms with Crippen LogP contribution in [0, 0.1) is 18.3 Å². The minimum Gasteiger partial charge on any atom is -0.358 e. The van der Waals surface area contributed by atoms with E-state index in [9.17, 15) is 10.1 Å². The molecule has 118 valence electrons. The second kappa shape index (κ2) is 8.11. The van der Waals surface area contributed by atoms with Crippen molar-refractivity contribution in [2.75, 3.05) is 7.05 Å². The quantitative estimate of drug-likeness (QED) is 0.862. The third-order valence-electron chi connectivity index (χ3n) is 3.73. The molecule has 4 nitrogen and oxygen atoms in total. The van der Waals surface area contributed by atoms with Crippen molar-refractivity contribution in [2.24, 2.45) is 0 Å². The highest BCUT2D eigenvalue weighted by Crippen LogP contribution is 2.16. The van der Waals surface area contributed by atoms with Crippen molar-refractivity contribution in [1.82, 2.24) is 10.6 Å². The van der Waals surface area contributed by atoms with Crippen LogP contribution in [-0.4, -0.2) is 19.0 Å². The van der Waals surface area contributed by atoms with E-state index in [1.165, 1.54) is 0 Å². The first-order valence-electron chi connectivity index (χ1n) is 7.61. The number of amides is 1. The Morgan fingerprint density at radius 1 is 1.13 bits per heavy atom. The van der Waals surface area contributed by atoms with Gasteiger partial charge in [0.25, 0.3) is 0 Å². The fraction of sp³-hybridized carbons (Fsp3) is 0.263. The first kappa shape index (κ1) is 16.7. The van der Waals surface area contributed by atoms with Gasteiger partial charge in [0.15, 0.2) is 0 Å². The number of benzene rings is 2. The molecule has 2 N–H and O–H groups in total. The first-order valence-corrected chi connectivity index (χ1v) is 7.61. The van der Waals surface area contributed by atoms with Crippen molar-refractivity contribution in [3.63, 3.8) is 0 Å². The van der Waals surface area contributed by atoms with E-state index in [0.29, 0.717) is 6.42 Å². The van der Waals surface area contributed by atoms with E-state index in [-0.39, 0.29) is 5.91 Å². The van der Waals surface area contributed by atoms with E-state index in [0.717, 1.165) is 16.7 Å². The van der Waals surface area contributed by atoms with Crippen LogP contribution >= 0.6 is 0 Å². The topological polar surface area (TPSA) is 64.9 Å². The van der Waals surface area contributed by atoms with Crippen LogP contribution in [0.4, 0.5) is 0 Å².